The van der Waals surface area contributed by atoms with Crippen LogP contribution in [0.3, 0.4) is 0 Å². The number of likely N-dealkylation sites (N-methyl/N-ethyl adjacent to an activating group) is 1. The van der Waals surface area contributed by atoms with Crippen LogP contribution in [0, 0.1) is 5.92 Å². The van der Waals surface area contributed by atoms with E-state index in [1.807, 2.05) is 36.4 Å². The van der Waals surface area contributed by atoms with Gasteiger partial charge in [0.25, 0.3) is 5.91 Å². The van der Waals surface area contributed by atoms with Crippen LogP contribution in [-0.4, -0.2) is 24.9 Å². The van der Waals surface area contributed by atoms with Gasteiger partial charge in [-0.3, -0.25) is 4.79 Å². The van der Waals surface area contributed by atoms with Crippen LogP contribution in [0.2, 0.25) is 0 Å². The van der Waals surface area contributed by atoms with Crippen molar-refractivity contribution in [2.75, 3.05) is 11.9 Å². The van der Waals surface area contributed by atoms with Gasteiger partial charge < -0.3 is 9.32 Å². The van der Waals surface area contributed by atoms with Crippen molar-refractivity contribution >= 4 is 23.5 Å². The molecule has 0 N–H and O–H groups in total. The standard InChI is InChI=1S/C18H17N3O2/c1-11-9-14(11)16-8-7-12(23-16)10-19-20-17-13-5-3-4-6-15(13)21(2)18(17)22/h3-8,10-11,14H,9H2,1-2H3/b19-10-,20-17+/t11-,14+/m1/s1. The summed E-state index contributed by atoms with van der Waals surface area (Å²) in [6.45, 7) is 2.21. The number of para-hydroxylation sites is 1. The fourth-order valence-electron chi connectivity index (χ4n) is 2.95. The van der Waals surface area contributed by atoms with Gasteiger partial charge in [-0.1, -0.05) is 25.1 Å². The predicted octanol–water partition coefficient (Wildman–Crippen LogP) is 3.20. The summed E-state index contributed by atoms with van der Waals surface area (Å²) in [4.78, 5) is 13.8. The van der Waals surface area contributed by atoms with Crippen LogP contribution in [0.25, 0.3) is 0 Å². The van der Waals surface area contributed by atoms with Gasteiger partial charge in [0.1, 0.15) is 11.5 Å². The van der Waals surface area contributed by atoms with Crippen LogP contribution in [0.4, 0.5) is 5.69 Å². The van der Waals surface area contributed by atoms with Crippen molar-refractivity contribution in [3.05, 3.63) is 53.5 Å². The van der Waals surface area contributed by atoms with E-state index in [1.54, 1.807) is 18.2 Å². The molecule has 1 saturated carbocycles. The van der Waals surface area contributed by atoms with Crippen LogP contribution in [0.15, 0.2) is 51.0 Å². The van der Waals surface area contributed by atoms with E-state index < -0.39 is 0 Å². The molecular formula is C18H17N3O2. The smallest absolute Gasteiger partial charge is 0.279 e. The quantitative estimate of drug-likeness (QED) is 0.646. The maximum Gasteiger partial charge on any atom is 0.279 e. The molecular weight excluding hydrogens is 290 g/mol. The Labute approximate surface area is 134 Å². The monoisotopic (exact) mass is 307 g/mol. The van der Waals surface area contributed by atoms with E-state index in [2.05, 4.69) is 17.1 Å². The molecule has 2 aromatic rings. The summed E-state index contributed by atoms with van der Waals surface area (Å²) in [6.07, 6.45) is 2.74. The summed E-state index contributed by atoms with van der Waals surface area (Å²) in [5.41, 5.74) is 2.03. The Bertz CT molecular complexity index is 834. The fourth-order valence-corrected chi connectivity index (χ4v) is 2.95. The number of hydrogen-bond acceptors (Lipinski definition) is 4. The largest absolute Gasteiger partial charge is 0.460 e. The molecule has 116 valence electrons. The number of anilines is 1. The van der Waals surface area contributed by atoms with Gasteiger partial charge in [0.2, 0.25) is 0 Å². The third-order valence-corrected chi connectivity index (χ3v) is 4.49. The topological polar surface area (TPSA) is 58.2 Å². The van der Waals surface area contributed by atoms with Gasteiger partial charge in [-0.2, -0.15) is 5.10 Å². The molecule has 0 spiro atoms. The lowest BCUT2D eigenvalue weighted by molar-refractivity contribution is -0.111. The lowest BCUT2D eigenvalue weighted by Crippen LogP contribution is -2.25. The molecule has 0 radical (unpaired) electrons. The molecule has 1 aromatic heterocycles. The summed E-state index contributed by atoms with van der Waals surface area (Å²) in [5.74, 6) is 2.77. The Kier molecular flexibility index (Phi) is 3.15. The molecule has 1 aliphatic carbocycles. The van der Waals surface area contributed by atoms with Crippen LogP contribution < -0.4 is 4.90 Å². The first kappa shape index (κ1) is 13.9. The maximum absolute atomic E-state index is 12.2. The summed E-state index contributed by atoms with van der Waals surface area (Å²) in [5, 5.41) is 8.15. The van der Waals surface area contributed by atoms with Crippen molar-refractivity contribution in [3.63, 3.8) is 0 Å². The number of carbonyl (C=O) groups is 1. The zero-order valence-electron chi connectivity index (χ0n) is 13.1. The van der Waals surface area contributed by atoms with Crippen molar-refractivity contribution in [2.45, 2.75) is 19.3 Å². The van der Waals surface area contributed by atoms with Gasteiger partial charge in [-0.25, -0.2) is 0 Å². The van der Waals surface area contributed by atoms with Crippen molar-refractivity contribution in [1.29, 1.82) is 0 Å². The molecule has 0 unspecified atom stereocenters. The lowest BCUT2D eigenvalue weighted by Gasteiger charge is -2.07. The number of furan rings is 1. The minimum absolute atomic E-state index is 0.143. The number of fused-ring (bicyclic) bond motifs is 1. The number of nitrogens with zero attached hydrogens (tertiary/aromatic N) is 3. The number of rotatable bonds is 3. The Balaban J connectivity index is 1.56. The van der Waals surface area contributed by atoms with E-state index in [0.717, 1.165) is 17.0 Å². The second kappa shape index (κ2) is 5.19. The van der Waals surface area contributed by atoms with Crippen LogP contribution in [0.1, 0.15) is 36.3 Å². The minimum atomic E-state index is -0.143. The highest BCUT2D eigenvalue weighted by atomic mass is 16.3. The normalized spacial score (nSPS) is 24.7. The van der Waals surface area contributed by atoms with Gasteiger partial charge in [0.05, 0.1) is 11.9 Å². The highest BCUT2D eigenvalue weighted by Crippen LogP contribution is 2.47. The number of carbonyl (C=O) groups excluding carboxylic acids is 1. The van der Waals surface area contributed by atoms with Gasteiger partial charge in [-0.05, 0) is 30.5 Å². The van der Waals surface area contributed by atoms with Gasteiger partial charge in [0, 0.05) is 18.5 Å². The van der Waals surface area contributed by atoms with Crippen molar-refractivity contribution in [3.8, 4) is 0 Å². The molecule has 1 aliphatic heterocycles. The lowest BCUT2D eigenvalue weighted by atomic mass is 10.1. The maximum atomic E-state index is 12.2. The molecule has 1 amide bonds. The fraction of sp³-hybridized carbons (Fsp3) is 0.278. The third-order valence-electron chi connectivity index (χ3n) is 4.49. The molecule has 1 fully saturated rings. The third kappa shape index (κ3) is 2.38. The first-order chi connectivity index (χ1) is 11.1. The minimum Gasteiger partial charge on any atom is -0.460 e. The Morgan fingerprint density at radius 3 is 2.83 bits per heavy atom. The molecule has 1 aromatic carbocycles. The first-order valence-corrected chi connectivity index (χ1v) is 7.73. The van der Waals surface area contributed by atoms with Gasteiger partial charge in [-0.15, -0.1) is 5.10 Å². The second-order valence-corrected chi connectivity index (χ2v) is 6.13. The SMILES string of the molecule is C[C@@H]1C[C@@H]1c1ccc(/C=N\N=C2\C(=O)N(C)c3ccccc32)o1. The van der Waals surface area contributed by atoms with E-state index in [0.29, 0.717) is 23.3 Å². The number of amides is 1. The molecule has 5 heteroatoms. The zero-order valence-corrected chi connectivity index (χ0v) is 13.1. The highest BCUT2D eigenvalue weighted by molar-refractivity contribution is 6.54. The van der Waals surface area contributed by atoms with E-state index in [9.17, 15) is 4.79 Å². The Hall–Kier alpha value is -2.69. The van der Waals surface area contributed by atoms with Crippen LogP contribution in [-0.2, 0) is 4.79 Å². The average molecular weight is 307 g/mol. The summed E-state index contributed by atoms with van der Waals surface area (Å²) >= 11 is 0. The summed E-state index contributed by atoms with van der Waals surface area (Å²) in [7, 11) is 1.74. The molecule has 2 atom stereocenters. The van der Waals surface area contributed by atoms with Gasteiger partial charge in [0.15, 0.2) is 5.71 Å². The molecule has 5 nitrogen and oxygen atoms in total. The Morgan fingerprint density at radius 2 is 2.04 bits per heavy atom. The molecule has 23 heavy (non-hydrogen) atoms. The van der Waals surface area contributed by atoms with Gasteiger partial charge >= 0.3 is 0 Å². The zero-order chi connectivity index (χ0) is 16.0. The average Bonchev–Trinajstić information content (AvgIpc) is 3.02. The molecule has 2 aliphatic rings. The summed E-state index contributed by atoms with van der Waals surface area (Å²) < 4.78 is 5.75. The predicted molar refractivity (Wildman–Crippen MR) is 89.2 cm³/mol. The first-order valence-electron chi connectivity index (χ1n) is 7.73. The molecule has 0 bridgehead atoms. The number of hydrogen-bond donors (Lipinski definition) is 0. The van der Waals surface area contributed by atoms with E-state index in [1.165, 1.54) is 6.42 Å². The van der Waals surface area contributed by atoms with E-state index >= 15 is 0 Å². The van der Waals surface area contributed by atoms with Crippen LogP contribution in [0.5, 0.6) is 0 Å². The number of benzene rings is 1. The second-order valence-electron chi connectivity index (χ2n) is 6.13. The Morgan fingerprint density at radius 1 is 1.26 bits per heavy atom. The van der Waals surface area contributed by atoms with E-state index in [-0.39, 0.29) is 5.91 Å². The van der Waals surface area contributed by atoms with Crippen molar-refractivity contribution in [2.24, 2.45) is 16.1 Å². The van der Waals surface area contributed by atoms with Crippen LogP contribution >= 0.6 is 0 Å². The van der Waals surface area contributed by atoms with Crippen molar-refractivity contribution in [1.82, 2.24) is 0 Å². The summed E-state index contributed by atoms with van der Waals surface area (Å²) in [6, 6.07) is 11.4. The van der Waals surface area contributed by atoms with Crippen molar-refractivity contribution < 1.29 is 9.21 Å². The molecule has 4 rings (SSSR count). The molecule has 0 saturated heterocycles. The van der Waals surface area contributed by atoms with E-state index in [4.69, 9.17) is 4.42 Å². The highest BCUT2D eigenvalue weighted by Gasteiger charge is 2.36. The molecule has 2 heterocycles.